The van der Waals surface area contributed by atoms with Crippen LogP contribution in [-0.2, 0) is 0 Å². The summed E-state index contributed by atoms with van der Waals surface area (Å²) in [5.41, 5.74) is 1.07. The van der Waals surface area contributed by atoms with Crippen LogP contribution in [0.3, 0.4) is 0 Å². The van der Waals surface area contributed by atoms with E-state index in [2.05, 4.69) is 28.6 Å². The molecule has 0 bridgehead atoms. The van der Waals surface area contributed by atoms with Gasteiger partial charge in [0.05, 0.1) is 6.04 Å². The molecular weight excluding hydrogens is 385 g/mol. The number of allylic oxidation sites excluding steroid dienone is 1. The Morgan fingerprint density at radius 3 is 2.70 bits per heavy atom. The molecule has 0 aliphatic rings. The molecule has 20 heavy (non-hydrogen) atoms. The van der Waals surface area contributed by atoms with Crippen LogP contribution in [0.4, 0.5) is 0 Å². The Morgan fingerprint density at radius 2 is 2.10 bits per heavy atom. The van der Waals surface area contributed by atoms with E-state index in [1.165, 1.54) is 0 Å². The first kappa shape index (κ1) is 19.2. The number of hydrogen-bond acceptors (Lipinski definition) is 1. The number of aliphatic imine (C=N–C) groups is 1. The maximum Gasteiger partial charge on any atom is 0.191 e. The highest BCUT2D eigenvalue weighted by Crippen LogP contribution is 2.21. The monoisotopic (exact) mass is 407 g/mol. The fourth-order valence-electron chi connectivity index (χ4n) is 1.74. The summed E-state index contributed by atoms with van der Waals surface area (Å²) in [4.78, 5) is 4.21. The molecule has 112 valence electrons. The predicted octanol–water partition coefficient (Wildman–Crippen LogP) is 4.15. The van der Waals surface area contributed by atoms with Gasteiger partial charge < -0.3 is 10.6 Å². The topological polar surface area (TPSA) is 36.4 Å². The van der Waals surface area contributed by atoms with E-state index in [1.807, 2.05) is 37.3 Å². The molecule has 3 nitrogen and oxygen atoms in total. The summed E-state index contributed by atoms with van der Waals surface area (Å²) >= 11 is 6.18. The summed E-state index contributed by atoms with van der Waals surface area (Å²) in [5, 5.41) is 7.37. The first-order chi connectivity index (χ1) is 9.19. The molecule has 0 spiro atoms. The van der Waals surface area contributed by atoms with Gasteiger partial charge in [0, 0.05) is 18.6 Å². The lowest BCUT2D eigenvalue weighted by Gasteiger charge is -2.19. The Labute approximate surface area is 143 Å². The van der Waals surface area contributed by atoms with Gasteiger partial charge in [-0.2, -0.15) is 0 Å². The molecule has 0 saturated heterocycles. The van der Waals surface area contributed by atoms with E-state index < -0.39 is 0 Å². The fourth-order valence-corrected chi connectivity index (χ4v) is 2.04. The van der Waals surface area contributed by atoms with Crippen LogP contribution < -0.4 is 10.6 Å². The minimum absolute atomic E-state index is 0. The largest absolute Gasteiger partial charge is 0.356 e. The summed E-state index contributed by atoms with van der Waals surface area (Å²) in [7, 11) is 1.77. The second-order valence-electron chi connectivity index (χ2n) is 4.24. The van der Waals surface area contributed by atoms with E-state index in [-0.39, 0.29) is 30.0 Å². The Bertz CT molecular complexity index is 446. The van der Waals surface area contributed by atoms with Crippen LogP contribution in [-0.4, -0.2) is 19.6 Å². The van der Waals surface area contributed by atoms with Gasteiger partial charge in [-0.1, -0.05) is 42.0 Å². The van der Waals surface area contributed by atoms with Gasteiger partial charge in [-0.25, -0.2) is 0 Å². The van der Waals surface area contributed by atoms with E-state index in [0.29, 0.717) is 0 Å². The van der Waals surface area contributed by atoms with Crippen molar-refractivity contribution >= 4 is 41.5 Å². The van der Waals surface area contributed by atoms with Gasteiger partial charge in [0.15, 0.2) is 5.96 Å². The zero-order valence-electron chi connectivity index (χ0n) is 12.2. The van der Waals surface area contributed by atoms with Crippen molar-refractivity contribution in [3.05, 3.63) is 47.0 Å². The lowest BCUT2D eigenvalue weighted by molar-refractivity contribution is 0.686. The van der Waals surface area contributed by atoms with Gasteiger partial charge in [0.25, 0.3) is 0 Å². The van der Waals surface area contributed by atoms with Crippen molar-refractivity contribution in [2.45, 2.75) is 26.3 Å². The molecule has 0 amide bonds. The van der Waals surface area contributed by atoms with E-state index in [4.69, 9.17) is 11.6 Å². The minimum atomic E-state index is 0. The van der Waals surface area contributed by atoms with E-state index in [0.717, 1.165) is 29.5 Å². The summed E-state index contributed by atoms with van der Waals surface area (Å²) in [6, 6.07) is 7.95. The Balaban J connectivity index is 0.00000361. The van der Waals surface area contributed by atoms with E-state index in [1.54, 1.807) is 7.05 Å². The number of hydrogen-bond donors (Lipinski definition) is 2. The molecule has 1 rings (SSSR count). The number of halogens is 2. The molecule has 0 saturated carbocycles. The highest BCUT2D eigenvalue weighted by atomic mass is 127. The number of guanidine groups is 1. The lowest BCUT2D eigenvalue weighted by Crippen LogP contribution is -2.39. The van der Waals surface area contributed by atoms with Crippen molar-refractivity contribution in [1.29, 1.82) is 0 Å². The Morgan fingerprint density at radius 1 is 1.40 bits per heavy atom. The number of rotatable bonds is 5. The van der Waals surface area contributed by atoms with Crippen molar-refractivity contribution in [2.75, 3.05) is 13.6 Å². The molecule has 1 aromatic carbocycles. The minimum Gasteiger partial charge on any atom is -0.356 e. The lowest BCUT2D eigenvalue weighted by atomic mass is 10.1. The summed E-state index contributed by atoms with van der Waals surface area (Å²) in [6.07, 6.45) is 5.15. The van der Waals surface area contributed by atoms with Gasteiger partial charge in [-0.15, -0.1) is 24.0 Å². The third-order valence-electron chi connectivity index (χ3n) is 2.79. The molecule has 1 aromatic rings. The maximum atomic E-state index is 6.18. The summed E-state index contributed by atoms with van der Waals surface area (Å²) in [5.74, 6) is 0.789. The number of nitrogens with one attached hydrogen (secondary N) is 2. The van der Waals surface area contributed by atoms with Gasteiger partial charge in [-0.05, 0) is 31.9 Å². The van der Waals surface area contributed by atoms with Gasteiger partial charge in [0.2, 0.25) is 0 Å². The van der Waals surface area contributed by atoms with E-state index in [9.17, 15) is 0 Å². The molecule has 0 aromatic heterocycles. The molecule has 5 heteroatoms. The van der Waals surface area contributed by atoms with E-state index >= 15 is 0 Å². The second kappa shape index (κ2) is 11.0. The van der Waals surface area contributed by atoms with Crippen LogP contribution in [0.2, 0.25) is 5.02 Å². The average molecular weight is 408 g/mol. The Hall–Kier alpha value is -0.750. The van der Waals surface area contributed by atoms with Crippen LogP contribution >= 0.6 is 35.6 Å². The zero-order chi connectivity index (χ0) is 14.1. The first-order valence-corrected chi connectivity index (χ1v) is 6.89. The van der Waals surface area contributed by atoms with Crippen molar-refractivity contribution < 1.29 is 0 Å². The number of benzene rings is 1. The van der Waals surface area contributed by atoms with Crippen LogP contribution in [0.5, 0.6) is 0 Å². The summed E-state index contributed by atoms with van der Waals surface area (Å²) < 4.78 is 0. The van der Waals surface area contributed by atoms with Crippen molar-refractivity contribution in [1.82, 2.24) is 10.6 Å². The molecule has 1 atom stereocenters. The normalized spacial score (nSPS) is 12.9. The molecule has 0 aliphatic heterocycles. The van der Waals surface area contributed by atoms with Gasteiger partial charge in [0.1, 0.15) is 0 Å². The Kier molecular flexibility index (Phi) is 10.6. The van der Waals surface area contributed by atoms with Crippen LogP contribution in [0, 0.1) is 0 Å². The van der Waals surface area contributed by atoms with Gasteiger partial charge >= 0.3 is 0 Å². The molecular formula is C15H23ClIN3. The third-order valence-corrected chi connectivity index (χ3v) is 3.13. The smallest absolute Gasteiger partial charge is 0.191 e. The SMILES string of the molecule is C/C=C/CCNC(=NC)NC(C)c1ccccc1Cl.I. The van der Waals surface area contributed by atoms with Crippen LogP contribution in [0.25, 0.3) is 0 Å². The van der Waals surface area contributed by atoms with Crippen molar-refractivity contribution in [2.24, 2.45) is 4.99 Å². The van der Waals surface area contributed by atoms with Gasteiger partial charge in [-0.3, -0.25) is 4.99 Å². The molecule has 1 unspecified atom stereocenters. The molecule has 0 aliphatic carbocycles. The standard InChI is InChI=1S/C15H22ClN3.HI/c1-4-5-8-11-18-15(17-3)19-12(2)13-9-6-7-10-14(13)16;/h4-7,9-10,12H,8,11H2,1-3H3,(H2,17,18,19);1H/b5-4+;. The number of nitrogens with zero attached hydrogens (tertiary/aromatic N) is 1. The highest BCUT2D eigenvalue weighted by molar-refractivity contribution is 14.0. The first-order valence-electron chi connectivity index (χ1n) is 6.51. The van der Waals surface area contributed by atoms with Crippen LogP contribution in [0.1, 0.15) is 31.9 Å². The molecule has 0 heterocycles. The zero-order valence-corrected chi connectivity index (χ0v) is 15.3. The highest BCUT2D eigenvalue weighted by Gasteiger charge is 2.10. The molecule has 2 N–H and O–H groups in total. The van der Waals surface area contributed by atoms with Crippen molar-refractivity contribution in [3.63, 3.8) is 0 Å². The summed E-state index contributed by atoms with van der Waals surface area (Å²) in [6.45, 7) is 4.95. The average Bonchev–Trinajstić information content (AvgIpc) is 2.42. The molecule has 0 radical (unpaired) electrons. The fraction of sp³-hybridized carbons (Fsp3) is 0.400. The maximum absolute atomic E-state index is 6.18. The second-order valence-corrected chi connectivity index (χ2v) is 4.65. The van der Waals surface area contributed by atoms with Crippen LogP contribution in [0.15, 0.2) is 41.4 Å². The van der Waals surface area contributed by atoms with Crippen molar-refractivity contribution in [3.8, 4) is 0 Å². The predicted molar refractivity (Wildman–Crippen MR) is 99.2 cm³/mol. The quantitative estimate of drug-likeness (QED) is 0.253. The molecule has 0 fully saturated rings. The third kappa shape index (κ3) is 6.61.